The van der Waals surface area contributed by atoms with Crippen LogP contribution in [0.5, 0.6) is 0 Å². The lowest BCUT2D eigenvalue weighted by molar-refractivity contribution is -0.167. The molecule has 6 heteroatoms. The van der Waals surface area contributed by atoms with Crippen molar-refractivity contribution in [1.82, 2.24) is 0 Å². The molecular weight excluding hydrogens is 877 g/mol. The van der Waals surface area contributed by atoms with Crippen LogP contribution in [0.15, 0.2) is 134 Å². The summed E-state index contributed by atoms with van der Waals surface area (Å²) in [5.74, 6) is -1.05. The van der Waals surface area contributed by atoms with E-state index < -0.39 is 6.10 Å². The summed E-state index contributed by atoms with van der Waals surface area (Å²) in [6.45, 7) is 6.37. The van der Waals surface area contributed by atoms with E-state index in [2.05, 4.69) is 154 Å². The van der Waals surface area contributed by atoms with Crippen LogP contribution in [0.4, 0.5) is 0 Å². The molecule has 0 aromatic rings. The Morgan fingerprint density at radius 1 is 0.296 bits per heavy atom. The van der Waals surface area contributed by atoms with E-state index in [1.165, 1.54) is 96.3 Å². The van der Waals surface area contributed by atoms with Gasteiger partial charge in [-0.2, -0.15) is 0 Å². The Balaban J connectivity index is 4.57. The molecule has 0 aromatic carbocycles. The maximum absolute atomic E-state index is 12.8. The minimum absolute atomic E-state index is 0.124. The summed E-state index contributed by atoms with van der Waals surface area (Å²) < 4.78 is 16.8. The number of allylic oxidation sites excluding steroid dienone is 22. The quantitative estimate of drug-likeness (QED) is 0.0262. The Morgan fingerprint density at radius 3 is 0.915 bits per heavy atom. The lowest BCUT2D eigenvalue weighted by Gasteiger charge is -2.18. The van der Waals surface area contributed by atoms with Crippen LogP contribution >= 0.6 is 0 Å². The SMILES string of the molecule is CC/C=C/C/C=C/C/C=C/C/C=C/C/C=C/CCCC(=O)O[C@H](COC(=O)CCC/C=C/C/C=C/C/C=C/C/C=C/CCCCC)COC(=O)CCCCCCCCCCC/C=C/C/C=C/CCCCC. The molecule has 0 aliphatic rings. The molecule has 1 atom stereocenters. The molecular formula is C65H104O6. The summed E-state index contributed by atoms with van der Waals surface area (Å²) in [5, 5.41) is 0. The van der Waals surface area contributed by atoms with Crippen molar-refractivity contribution in [2.45, 2.75) is 245 Å². The predicted molar refractivity (Wildman–Crippen MR) is 306 cm³/mol. The third-order valence-corrected chi connectivity index (χ3v) is 11.6. The molecule has 0 N–H and O–H groups in total. The molecule has 0 radical (unpaired) electrons. The maximum Gasteiger partial charge on any atom is 0.306 e. The fraction of sp³-hybridized carbons (Fsp3) is 0.615. The van der Waals surface area contributed by atoms with Gasteiger partial charge in [-0.3, -0.25) is 14.4 Å². The summed E-state index contributed by atoms with van der Waals surface area (Å²) in [6.07, 6.45) is 81.6. The Hall–Kier alpha value is -4.45. The van der Waals surface area contributed by atoms with Gasteiger partial charge in [-0.05, 0) is 128 Å². The van der Waals surface area contributed by atoms with E-state index >= 15 is 0 Å². The topological polar surface area (TPSA) is 78.9 Å². The van der Waals surface area contributed by atoms with Crippen molar-refractivity contribution in [2.75, 3.05) is 13.2 Å². The first kappa shape index (κ1) is 66.6. The van der Waals surface area contributed by atoms with E-state index in [1.54, 1.807) is 0 Å². The van der Waals surface area contributed by atoms with E-state index in [0.29, 0.717) is 19.3 Å². The summed E-state index contributed by atoms with van der Waals surface area (Å²) >= 11 is 0. The van der Waals surface area contributed by atoms with E-state index in [9.17, 15) is 14.4 Å². The number of esters is 3. The number of unbranched alkanes of at least 4 members (excludes halogenated alkanes) is 17. The standard InChI is InChI=1S/C65H104O6/c1-4-7-10-13-16-19-22-25-28-31-32-35-37-40-43-46-49-52-55-58-64(67)70-61-62(71-65(68)59-56-53-50-47-44-41-38-34-30-27-24-21-18-15-12-9-6-3)60-69-63(66)57-54-51-48-45-42-39-36-33-29-26-23-20-17-14-11-8-5-2/h9,12,16-21,25-30,36,38-39,41,45,47-48,50,62H,4-8,10-11,13-15,22-24,31-35,37,40,42-44,46,49,51-61H2,1-3H3/b12-9+,19-16+,20-17+,21-18+,28-25+,29-26+,30-27+,39-36+,41-38+,48-45+,50-47+/t62-/m1/s1. The van der Waals surface area contributed by atoms with Gasteiger partial charge in [-0.25, -0.2) is 0 Å². The monoisotopic (exact) mass is 981 g/mol. The average Bonchev–Trinajstić information content (AvgIpc) is 3.37. The first-order valence-corrected chi connectivity index (χ1v) is 28.7. The fourth-order valence-electron chi connectivity index (χ4n) is 7.32. The summed E-state index contributed by atoms with van der Waals surface area (Å²) in [4.78, 5) is 38.1. The van der Waals surface area contributed by atoms with E-state index in [0.717, 1.165) is 89.9 Å². The van der Waals surface area contributed by atoms with Gasteiger partial charge >= 0.3 is 17.9 Å². The van der Waals surface area contributed by atoms with Crippen molar-refractivity contribution in [1.29, 1.82) is 0 Å². The van der Waals surface area contributed by atoms with Crippen LogP contribution in [-0.4, -0.2) is 37.2 Å². The largest absolute Gasteiger partial charge is 0.462 e. The van der Waals surface area contributed by atoms with Gasteiger partial charge in [0, 0.05) is 19.3 Å². The second-order valence-corrected chi connectivity index (χ2v) is 18.5. The van der Waals surface area contributed by atoms with Crippen LogP contribution in [0, 0.1) is 0 Å². The Labute approximate surface area is 436 Å². The first-order chi connectivity index (χ1) is 35.0. The normalized spacial score (nSPS) is 13.1. The number of carbonyl (C=O) groups excluding carboxylic acids is 3. The van der Waals surface area contributed by atoms with Gasteiger partial charge in [0.1, 0.15) is 13.2 Å². The number of ether oxygens (including phenoxy) is 3. The van der Waals surface area contributed by atoms with Crippen LogP contribution in [0.1, 0.15) is 239 Å². The van der Waals surface area contributed by atoms with Crippen LogP contribution in [-0.2, 0) is 28.6 Å². The number of hydrogen-bond acceptors (Lipinski definition) is 6. The molecule has 400 valence electrons. The minimum atomic E-state index is -0.837. The van der Waals surface area contributed by atoms with Gasteiger partial charge in [0.2, 0.25) is 0 Å². The molecule has 71 heavy (non-hydrogen) atoms. The third kappa shape index (κ3) is 56.3. The van der Waals surface area contributed by atoms with Crippen LogP contribution in [0.25, 0.3) is 0 Å². The highest BCUT2D eigenvalue weighted by Crippen LogP contribution is 2.13. The Kier molecular flexibility index (Phi) is 54.5. The summed E-state index contributed by atoms with van der Waals surface area (Å²) in [5.41, 5.74) is 0. The molecule has 0 fully saturated rings. The number of carbonyl (C=O) groups is 3. The van der Waals surface area contributed by atoms with Crippen LogP contribution < -0.4 is 0 Å². The molecule has 0 aromatic heterocycles. The predicted octanol–water partition coefficient (Wildman–Crippen LogP) is 19.4. The zero-order valence-electron chi connectivity index (χ0n) is 45.7. The number of hydrogen-bond donors (Lipinski definition) is 0. The Morgan fingerprint density at radius 2 is 0.563 bits per heavy atom. The zero-order chi connectivity index (χ0) is 51.4. The molecule has 0 unspecified atom stereocenters. The van der Waals surface area contributed by atoms with Crippen molar-refractivity contribution in [2.24, 2.45) is 0 Å². The van der Waals surface area contributed by atoms with Gasteiger partial charge in [0.25, 0.3) is 0 Å². The van der Waals surface area contributed by atoms with Gasteiger partial charge in [-0.1, -0.05) is 225 Å². The van der Waals surface area contributed by atoms with E-state index in [4.69, 9.17) is 14.2 Å². The minimum Gasteiger partial charge on any atom is -0.462 e. The highest BCUT2D eigenvalue weighted by atomic mass is 16.6. The van der Waals surface area contributed by atoms with E-state index in [1.807, 2.05) is 0 Å². The molecule has 0 saturated carbocycles. The maximum atomic E-state index is 12.8. The van der Waals surface area contributed by atoms with Crippen molar-refractivity contribution >= 4 is 17.9 Å². The third-order valence-electron chi connectivity index (χ3n) is 11.6. The van der Waals surface area contributed by atoms with Crippen molar-refractivity contribution in [3.05, 3.63) is 134 Å². The molecule has 0 bridgehead atoms. The summed E-state index contributed by atoms with van der Waals surface area (Å²) in [7, 11) is 0. The van der Waals surface area contributed by atoms with Crippen LogP contribution in [0.2, 0.25) is 0 Å². The first-order valence-electron chi connectivity index (χ1n) is 28.7. The lowest BCUT2D eigenvalue weighted by atomic mass is 10.1. The Bertz CT molecular complexity index is 1550. The van der Waals surface area contributed by atoms with Crippen LogP contribution in [0.3, 0.4) is 0 Å². The molecule has 0 spiro atoms. The highest BCUT2D eigenvalue weighted by molar-refractivity contribution is 5.71. The van der Waals surface area contributed by atoms with Crippen molar-refractivity contribution < 1.29 is 28.6 Å². The number of rotatable bonds is 50. The average molecular weight is 982 g/mol. The molecule has 6 nitrogen and oxygen atoms in total. The van der Waals surface area contributed by atoms with E-state index in [-0.39, 0.29) is 44.0 Å². The second-order valence-electron chi connectivity index (χ2n) is 18.5. The van der Waals surface area contributed by atoms with Crippen molar-refractivity contribution in [3.63, 3.8) is 0 Å². The summed E-state index contributed by atoms with van der Waals surface area (Å²) in [6, 6.07) is 0. The lowest BCUT2D eigenvalue weighted by Crippen LogP contribution is -2.30. The second kappa shape index (κ2) is 58.1. The molecule has 0 saturated heterocycles. The fourth-order valence-corrected chi connectivity index (χ4v) is 7.32. The molecule has 0 rings (SSSR count). The smallest absolute Gasteiger partial charge is 0.306 e. The van der Waals surface area contributed by atoms with Gasteiger partial charge in [-0.15, -0.1) is 0 Å². The van der Waals surface area contributed by atoms with Gasteiger partial charge in [0.15, 0.2) is 6.10 Å². The zero-order valence-corrected chi connectivity index (χ0v) is 45.7. The highest BCUT2D eigenvalue weighted by Gasteiger charge is 2.19. The molecule has 0 heterocycles. The molecule has 0 aliphatic heterocycles. The van der Waals surface area contributed by atoms with Crippen molar-refractivity contribution in [3.8, 4) is 0 Å². The van der Waals surface area contributed by atoms with Gasteiger partial charge < -0.3 is 14.2 Å². The van der Waals surface area contributed by atoms with Gasteiger partial charge in [0.05, 0.1) is 0 Å². The molecule has 0 aliphatic carbocycles. The molecule has 0 amide bonds.